The van der Waals surface area contributed by atoms with Crippen LogP contribution >= 0.6 is 0 Å². The van der Waals surface area contributed by atoms with Crippen molar-refractivity contribution in [3.8, 4) is 11.5 Å². The highest BCUT2D eigenvalue weighted by atomic mass is 16.7. The molecular formula is C16H24N2O2. The maximum Gasteiger partial charge on any atom is 0.231 e. The summed E-state index contributed by atoms with van der Waals surface area (Å²) in [6.45, 7) is 7.08. The Hall–Kier alpha value is -1.26. The van der Waals surface area contributed by atoms with Crippen molar-refractivity contribution < 1.29 is 9.47 Å². The van der Waals surface area contributed by atoms with Crippen LogP contribution in [0.5, 0.6) is 11.5 Å². The SMILES string of the molecule is CC(CN1CCCCC1)NCc1cccc2c1OCO2. The second kappa shape index (κ2) is 6.46. The number of fused-ring (bicyclic) bond motifs is 1. The molecule has 1 fully saturated rings. The summed E-state index contributed by atoms with van der Waals surface area (Å²) in [4.78, 5) is 2.57. The highest BCUT2D eigenvalue weighted by Gasteiger charge is 2.18. The van der Waals surface area contributed by atoms with Crippen LogP contribution in [0.2, 0.25) is 0 Å². The van der Waals surface area contributed by atoms with Crippen molar-refractivity contribution in [3.63, 3.8) is 0 Å². The molecule has 0 aliphatic carbocycles. The molecule has 0 bridgehead atoms. The Kier molecular flexibility index (Phi) is 4.43. The lowest BCUT2D eigenvalue weighted by atomic mass is 10.1. The molecule has 4 nitrogen and oxygen atoms in total. The van der Waals surface area contributed by atoms with Crippen LogP contribution in [0.4, 0.5) is 0 Å². The number of nitrogens with zero attached hydrogens (tertiary/aromatic N) is 1. The van der Waals surface area contributed by atoms with Gasteiger partial charge in [-0.25, -0.2) is 0 Å². The van der Waals surface area contributed by atoms with Crippen LogP contribution in [0, 0.1) is 0 Å². The van der Waals surface area contributed by atoms with Crippen LogP contribution in [0.25, 0.3) is 0 Å². The summed E-state index contributed by atoms with van der Waals surface area (Å²) in [6, 6.07) is 6.59. The fourth-order valence-corrected chi connectivity index (χ4v) is 3.01. The van der Waals surface area contributed by atoms with Gasteiger partial charge in [-0.15, -0.1) is 0 Å². The molecule has 0 spiro atoms. The number of piperidine rings is 1. The molecule has 1 saturated heterocycles. The lowest BCUT2D eigenvalue weighted by Gasteiger charge is -2.29. The summed E-state index contributed by atoms with van der Waals surface area (Å²) in [5, 5.41) is 3.60. The van der Waals surface area contributed by atoms with Crippen LogP contribution in [0.15, 0.2) is 18.2 Å². The molecule has 4 heteroatoms. The predicted molar refractivity (Wildman–Crippen MR) is 79.2 cm³/mol. The summed E-state index contributed by atoms with van der Waals surface area (Å²) in [5.74, 6) is 1.78. The van der Waals surface area contributed by atoms with Crippen LogP contribution in [0.3, 0.4) is 0 Å². The van der Waals surface area contributed by atoms with Crippen molar-refractivity contribution in [2.24, 2.45) is 0 Å². The molecule has 0 aromatic heterocycles. The zero-order chi connectivity index (χ0) is 13.8. The molecule has 1 unspecified atom stereocenters. The fourth-order valence-electron chi connectivity index (χ4n) is 3.01. The molecule has 0 amide bonds. The van der Waals surface area contributed by atoms with E-state index in [4.69, 9.17) is 9.47 Å². The van der Waals surface area contributed by atoms with E-state index >= 15 is 0 Å². The number of hydrogen-bond acceptors (Lipinski definition) is 4. The summed E-state index contributed by atoms with van der Waals surface area (Å²) in [6.07, 6.45) is 4.10. The average molecular weight is 276 g/mol. The van der Waals surface area contributed by atoms with Gasteiger partial charge in [-0.3, -0.25) is 0 Å². The third-order valence-electron chi connectivity index (χ3n) is 4.10. The zero-order valence-corrected chi connectivity index (χ0v) is 12.2. The fraction of sp³-hybridized carbons (Fsp3) is 0.625. The van der Waals surface area contributed by atoms with Gasteiger partial charge in [0.15, 0.2) is 11.5 Å². The molecule has 2 heterocycles. The van der Waals surface area contributed by atoms with Gasteiger partial charge in [0.1, 0.15) is 0 Å². The molecule has 20 heavy (non-hydrogen) atoms. The minimum atomic E-state index is 0.343. The smallest absolute Gasteiger partial charge is 0.231 e. The second-order valence-electron chi connectivity index (χ2n) is 5.79. The first-order valence-corrected chi connectivity index (χ1v) is 7.66. The van der Waals surface area contributed by atoms with E-state index in [2.05, 4.69) is 23.2 Å². The van der Waals surface area contributed by atoms with Crippen LogP contribution in [-0.2, 0) is 6.54 Å². The lowest BCUT2D eigenvalue weighted by molar-refractivity contribution is 0.173. The van der Waals surface area contributed by atoms with Gasteiger partial charge in [0.2, 0.25) is 6.79 Å². The third kappa shape index (κ3) is 3.25. The lowest BCUT2D eigenvalue weighted by Crippen LogP contribution is -2.41. The first-order chi connectivity index (χ1) is 9.83. The number of benzene rings is 1. The Labute approximate surface area is 121 Å². The molecule has 0 saturated carbocycles. The largest absolute Gasteiger partial charge is 0.454 e. The zero-order valence-electron chi connectivity index (χ0n) is 12.2. The van der Waals surface area contributed by atoms with E-state index in [1.54, 1.807) is 0 Å². The van der Waals surface area contributed by atoms with E-state index in [0.717, 1.165) is 24.6 Å². The maximum absolute atomic E-state index is 5.54. The van der Waals surface area contributed by atoms with E-state index in [9.17, 15) is 0 Å². The van der Waals surface area contributed by atoms with Crippen molar-refractivity contribution >= 4 is 0 Å². The van der Waals surface area contributed by atoms with E-state index < -0.39 is 0 Å². The normalized spacial score (nSPS) is 20.1. The molecule has 2 aliphatic rings. The van der Waals surface area contributed by atoms with E-state index in [1.807, 2.05) is 12.1 Å². The molecule has 1 N–H and O–H groups in total. The summed E-state index contributed by atoms with van der Waals surface area (Å²) < 4.78 is 10.9. The van der Waals surface area contributed by atoms with Crippen molar-refractivity contribution in [3.05, 3.63) is 23.8 Å². The number of hydrogen-bond donors (Lipinski definition) is 1. The Balaban J connectivity index is 1.50. The summed E-state index contributed by atoms with van der Waals surface area (Å²) in [5.41, 5.74) is 1.19. The average Bonchev–Trinajstić information content (AvgIpc) is 2.95. The van der Waals surface area contributed by atoms with Crippen molar-refractivity contribution in [2.75, 3.05) is 26.4 Å². The van der Waals surface area contributed by atoms with Crippen LogP contribution in [-0.4, -0.2) is 37.4 Å². The van der Waals surface area contributed by atoms with Crippen LogP contribution in [0.1, 0.15) is 31.7 Å². The Morgan fingerprint density at radius 1 is 1.20 bits per heavy atom. The number of para-hydroxylation sites is 1. The van der Waals surface area contributed by atoms with Gasteiger partial charge >= 0.3 is 0 Å². The molecule has 110 valence electrons. The standard InChI is InChI=1S/C16H24N2O2/c1-13(11-18-8-3-2-4-9-18)17-10-14-6-5-7-15-16(14)20-12-19-15/h5-7,13,17H,2-4,8-12H2,1H3. The number of nitrogens with one attached hydrogen (secondary N) is 1. The number of rotatable bonds is 5. The number of likely N-dealkylation sites (tertiary alicyclic amines) is 1. The summed E-state index contributed by atoms with van der Waals surface area (Å²) >= 11 is 0. The van der Waals surface area contributed by atoms with Crippen molar-refractivity contribution in [1.29, 1.82) is 0 Å². The molecule has 1 atom stereocenters. The van der Waals surface area contributed by atoms with Gasteiger partial charge in [0, 0.05) is 24.7 Å². The van der Waals surface area contributed by atoms with Gasteiger partial charge in [0.05, 0.1) is 0 Å². The second-order valence-corrected chi connectivity index (χ2v) is 5.79. The number of ether oxygens (including phenoxy) is 2. The van der Waals surface area contributed by atoms with Gasteiger partial charge < -0.3 is 19.7 Å². The van der Waals surface area contributed by atoms with Gasteiger partial charge in [-0.1, -0.05) is 18.6 Å². The highest BCUT2D eigenvalue weighted by molar-refractivity contribution is 5.48. The molecule has 1 aromatic carbocycles. The minimum Gasteiger partial charge on any atom is -0.454 e. The van der Waals surface area contributed by atoms with Gasteiger partial charge in [-0.2, -0.15) is 0 Å². The first-order valence-electron chi connectivity index (χ1n) is 7.66. The molecule has 3 rings (SSSR count). The minimum absolute atomic E-state index is 0.343. The third-order valence-corrected chi connectivity index (χ3v) is 4.10. The Bertz CT molecular complexity index is 444. The van der Waals surface area contributed by atoms with E-state index in [1.165, 1.54) is 37.9 Å². The first kappa shape index (κ1) is 13.7. The Morgan fingerprint density at radius 2 is 2.05 bits per heavy atom. The maximum atomic E-state index is 5.54. The molecular weight excluding hydrogens is 252 g/mol. The Morgan fingerprint density at radius 3 is 2.90 bits per heavy atom. The predicted octanol–water partition coefficient (Wildman–Crippen LogP) is 2.38. The highest BCUT2D eigenvalue weighted by Crippen LogP contribution is 2.35. The topological polar surface area (TPSA) is 33.7 Å². The quantitative estimate of drug-likeness (QED) is 0.895. The van der Waals surface area contributed by atoms with E-state index in [-0.39, 0.29) is 0 Å². The molecule has 0 radical (unpaired) electrons. The van der Waals surface area contributed by atoms with Gasteiger partial charge in [0.25, 0.3) is 0 Å². The van der Waals surface area contributed by atoms with Gasteiger partial charge in [-0.05, 0) is 38.9 Å². The molecule has 1 aromatic rings. The van der Waals surface area contributed by atoms with Crippen LogP contribution < -0.4 is 14.8 Å². The van der Waals surface area contributed by atoms with Crippen molar-refractivity contribution in [1.82, 2.24) is 10.2 Å². The molecule has 2 aliphatic heterocycles. The summed E-state index contributed by atoms with van der Waals surface area (Å²) in [7, 11) is 0. The monoisotopic (exact) mass is 276 g/mol. The van der Waals surface area contributed by atoms with E-state index in [0.29, 0.717) is 12.8 Å². The van der Waals surface area contributed by atoms with Crippen molar-refractivity contribution in [2.45, 2.75) is 38.8 Å².